The lowest BCUT2D eigenvalue weighted by Gasteiger charge is -2.16. The Morgan fingerprint density at radius 3 is 2.07 bits per heavy atom. The molecule has 1 aromatic carbocycles. The third-order valence-corrected chi connectivity index (χ3v) is 3.50. The van der Waals surface area contributed by atoms with E-state index in [1.165, 1.54) is 12.1 Å². The van der Waals surface area contributed by atoms with Crippen LogP contribution in [0.3, 0.4) is 0 Å². The van der Waals surface area contributed by atoms with E-state index >= 15 is 0 Å². The highest BCUT2D eigenvalue weighted by atomic mass is 19.4. The average molecular weight is 443 g/mol. The average Bonchev–Trinajstić information content (AvgIpc) is 3.04. The number of aromatic nitrogens is 4. The van der Waals surface area contributed by atoms with Crippen LogP contribution in [0, 0.1) is 0 Å². The molecule has 0 aliphatic heterocycles. The molecule has 3 rings (SSSR count). The van der Waals surface area contributed by atoms with Crippen LogP contribution in [0.25, 0.3) is 11.3 Å². The molecule has 0 aliphatic carbocycles. The van der Waals surface area contributed by atoms with Crippen molar-refractivity contribution in [2.24, 2.45) is 0 Å². The van der Waals surface area contributed by atoms with E-state index in [-0.39, 0.29) is 17.4 Å². The molecular formula is C15H9F8N5O2. The minimum Gasteiger partial charge on any atom is -0.478 e. The predicted molar refractivity (Wildman–Crippen MR) is 84.6 cm³/mol. The number of methoxy groups -OCH3 is 1. The summed E-state index contributed by atoms with van der Waals surface area (Å²) in [5.74, 6) is -8.03. The maximum Gasteiger partial charge on any atom is 0.573 e. The molecule has 0 amide bonds. The van der Waals surface area contributed by atoms with Crippen molar-refractivity contribution >= 4 is 22.8 Å². The summed E-state index contributed by atoms with van der Waals surface area (Å²) in [5, 5.41) is 2.58. The zero-order valence-corrected chi connectivity index (χ0v) is 14.5. The van der Waals surface area contributed by atoms with Crippen LogP contribution >= 0.6 is 0 Å². The van der Waals surface area contributed by atoms with E-state index in [0.29, 0.717) is 0 Å². The van der Waals surface area contributed by atoms with Crippen LogP contribution in [0.15, 0.2) is 24.3 Å². The second-order valence-electron chi connectivity index (χ2n) is 5.61. The second-order valence-corrected chi connectivity index (χ2v) is 5.61. The van der Waals surface area contributed by atoms with Gasteiger partial charge in [-0.15, -0.1) is 13.2 Å². The van der Waals surface area contributed by atoms with Crippen molar-refractivity contribution in [2.45, 2.75) is 18.5 Å². The van der Waals surface area contributed by atoms with Gasteiger partial charge < -0.3 is 19.8 Å². The lowest BCUT2D eigenvalue weighted by molar-refractivity contribution is -0.292. The fraction of sp³-hybridized carbons (Fsp3) is 0.267. The molecule has 0 saturated heterocycles. The number of anilines is 2. The van der Waals surface area contributed by atoms with Crippen LogP contribution in [-0.4, -0.2) is 39.6 Å². The summed E-state index contributed by atoms with van der Waals surface area (Å²) in [6, 6.07) is 4.29. The number of fused-ring (bicyclic) bond motifs is 1. The van der Waals surface area contributed by atoms with Gasteiger partial charge in [-0.05, 0) is 24.3 Å². The van der Waals surface area contributed by atoms with E-state index in [9.17, 15) is 35.1 Å². The summed E-state index contributed by atoms with van der Waals surface area (Å²) in [6.07, 6.45) is -10.8. The van der Waals surface area contributed by atoms with Gasteiger partial charge in [0.25, 0.3) is 5.88 Å². The fourth-order valence-electron chi connectivity index (χ4n) is 2.20. The largest absolute Gasteiger partial charge is 0.573 e. The first kappa shape index (κ1) is 21.3. The van der Waals surface area contributed by atoms with E-state index < -0.39 is 41.3 Å². The molecule has 30 heavy (non-hydrogen) atoms. The van der Waals surface area contributed by atoms with E-state index in [4.69, 9.17) is 4.74 Å². The number of hydrogen-bond acceptors (Lipinski definition) is 6. The first-order chi connectivity index (χ1) is 13.8. The minimum atomic E-state index is -5.90. The number of ether oxygens (including phenoxy) is 2. The number of nitrogens with zero attached hydrogens (tertiary/aromatic N) is 3. The molecule has 0 unspecified atom stereocenters. The van der Waals surface area contributed by atoms with Crippen molar-refractivity contribution in [3.8, 4) is 11.6 Å². The van der Waals surface area contributed by atoms with Gasteiger partial charge in [0.1, 0.15) is 5.75 Å². The lowest BCUT2D eigenvalue weighted by Crippen LogP contribution is -2.34. The summed E-state index contributed by atoms with van der Waals surface area (Å²) < 4.78 is 110. The standard InChI is InChI=1S/C15H9F8N5O2/c1-29-11-10(24-6-2-4-7(5-3-6)30-15(21,22)23)25-8-9(26-11)28-12(27-8)13(16,17)14(18,19)20/h2-5H,1H3,(H2,24,25,26,27,28). The molecule has 3 aromatic rings. The van der Waals surface area contributed by atoms with Crippen LogP contribution in [0.4, 0.5) is 46.6 Å². The molecule has 0 saturated carbocycles. The van der Waals surface area contributed by atoms with Crippen LogP contribution in [0.2, 0.25) is 0 Å². The van der Waals surface area contributed by atoms with E-state index in [0.717, 1.165) is 19.2 Å². The molecule has 2 aromatic heterocycles. The number of alkyl halides is 8. The minimum absolute atomic E-state index is 0.160. The molecule has 0 aliphatic rings. The van der Waals surface area contributed by atoms with Gasteiger partial charge in [0.05, 0.1) is 7.11 Å². The Kier molecular flexibility index (Phi) is 5.07. The molecular weight excluding hydrogens is 434 g/mol. The molecule has 0 atom stereocenters. The van der Waals surface area contributed by atoms with Crippen molar-refractivity contribution in [1.29, 1.82) is 0 Å². The smallest absolute Gasteiger partial charge is 0.478 e. The van der Waals surface area contributed by atoms with Gasteiger partial charge in [-0.1, -0.05) is 0 Å². The number of imidazole rings is 1. The molecule has 2 N–H and O–H groups in total. The number of benzene rings is 1. The topological polar surface area (TPSA) is 85.0 Å². The first-order valence-electron chi connectivity index (χ1n) is 7.70. The Hall–Kier alpha value is -3.39. The van der Waals surface area contributed by atoms with Crippen molar-refractivity contribution < 1.29 is 44.6 Å². The molecule has 15 heteroatoms. The number of nitrogens with one attached hydrogen (secondary N) is 2. The van der Waals surface area contributed by atoms with Crippen molar-refractivity contribution in [3.05, 3.63) is 30.1 Å². The van der Waals surface area contributed by atoms with Crippen molar-refractivity contribution in [1.82, 2.24) is 19.9 Å². The van der Waals surface area contributed by atoms with Gasteiger partial charge in [-0.25, -0.2) is 9.97 Å². The normalized spacial score (nSPS) is 12.8. The number of hydrogen-bond donors (Lipinski definition) is 2. The fourth-order valence-corrected chi connectivity index (χ4v) is 2.20. The van der Waals surface area contributed by atoms with Gasteiger partial charge in [-0.3, -0.25) is 0 Å². The van der Waals surface area contributed by atoms with Gasteiger partial charge in [0.15, 0.2) is 22.9 Å². The summed E-state index contributed by atoms with van der Waals surface area (Å²) in [4.78, 5) is 12.4. The molecule has 0 radical (unpaired) electrons. The third kappa shape index (κ3) is 4.28. The van der Waals surface area contributed by atoms with E-state index in [2.05, 4.69) is 25.0 Å². The summed E-state index contributed by atoms with van der Waals surface area (Å²) >= 11 is 0. The monoisotopic (exact) mass is 443 g/mol. The quantitative estimate of drug-likeness (QED) is 0.559. The Bertz CT molecular complexity index is 1050. The number of aromatic amines is 1. The molecule has 0 fully saturated rings. The maximum absolute atomic E-state index is 13.5. The van der Waals surface area contributed by atoms with Gasteiger partial charge in [-0.2, -0.15) is 26.9 Å². The Morgan fingerprint density at radius 2 is 1.53 bits per heavy atom. The number of rotatable bonds is 5. The summed E-state index contributed by atoms with van der Waals surface area (Å²) in [6.45, 7) is 0. The third-order valence-electron chi connectivity index (χ3n) is 3.50. The van der Waals surface area contributed by atoms with Crippen LogP contribution in [0.5, 0.6) is 11.6 Å². The molecule has 0 bridgehead atoms. The zero-order chi connectivity index (χ0) is 22.3. The highest BCUT2D eigenvalue weighted by Gasteiger charge is 2.61. The van der Waals surface area contributed by atoms with E-state index in [1.54, 1.807) is 4.98 Å². The lowest BCUT2D eigenvalue weighted by atomic mass is 10.3. The highest BCUT2D eigenvalue weighted by molar-refractivity contribution is 5.73. The van der Waals surface area contributed by atoms with E-state index in [1.807, 2.05) is 0 Å². The van der Waals surface area contributed by atoms with Crippen molar-refractivity contribution in [2.75, 3.05) is 12.4 Å². The molecule has 0 spiro atoms. The van der Waals surface area contributed by atoms with Crippen LogP contribution in [0.1, 0.15) is 5.82 Å². The molecule has 162 valence electrons. The zero-order valence-electron chi connectivity index (χ0n) is 14.5. The number of halogens is 8. The van der Waals surface area contributed by atoms with Crippen LogP contribution < -0.4 is 14.8 Å². The van der Waals surface area contributed by atoms with Crippen molar-refractivity contribution in [3.63, 3.8) is 0 Å². The van der Waals surface area contributed by atoms with Gasteiger partial charge >= 0.3 is 18.5 Å². The molecule has 2 heterocycles. The Morgan fingerprint density at radius 1 is 0.900 bits per heavy atom. The van der Waals surface area contributed by atoms with Gasteiger partial charge in [0, 0.05) is 5.69 Å². The second kappa shape index (κ2) is 7.14. The first-order valence-corrected chi connectivity index (χ1v) is 7.70. The number of H-pyrrole nitrogens is 1. The van der Waals surface area contributed by atoms with Gasteiger partial charge in [0.2, 0.25) is 0 Å². The summed E-state index contributed by atoms with van der Waals surface area (Å²) in [5.41, 5.74) is -0.910. The predicted octanol–water partition coefficient (Wildman–Crippen LogP) is 4.66. The SMILES string of the molecule is COc1nc2[nH]c(C(F)(F)C(F)(F)F)nc2nc1Nc1ccc(OC(F)(F)F)cc1. The molecule has 7 nitrogen and oxygen atoms in total. The Labute approximate surface area is 161 Å². The Balaban J connectivity index is 1.92. The van der Waals surface area contributed by atoms with Crippen LogP contribution in [-0.2, 0) is 5.92 Å². The highest BCUT2D eigenvalue weighted by Crippen LogP contribution is 2.43. The maximum atomic E-state index is 13.5. The summed E-state index contributed by atoms with van der Waals surface area (Å²) in [7, 11) is 1.13.